The van der Waals surface area contributed by atoms with Gasteiger partial charge in [0.25, 0.3) is 0 Å². The van der Waals surface area contributed by atoms with Crippen LogP contribution in [0.2, 0.25) is 0 Å². The van der Waals surface area contributed by atoms with Gasteiger partial charge in [-0.05, 0) is 29.8 Å². The molecule has 2 N–H and O–H groups in total. The molecule has 0 bridgehead atoms. The van der Waals surface area contributed by atoms with Crippen molar-refractivity contribution < 1.29 is 14.0 Å². The molecule has 0 unspecified atom stereocenters. The fraction of sp³-hybridized carbons (Fsp3) is 0.211. The third kappa shape index (κ3) is 5.02. The van der Waals surface area contributed by atoms with Crippen molar-refractivity contribution in [2.75, 3.05) is 5.75 Å². The Labute approximate surface area is 169 Å². The summed E-state index contributed by atoms with van der Waals surface area (Å²) in [5, 5.41) is 15.6. The number of nitriles is 1. The average molecular weight is 446 g/mol. The standard InChI is InChI=1S/C19H16BrN3O3S/c20-13-4-1-3-12(7-13)15-8-17(24)23-19(16(15)9-21)27-11-18(25)22-10-14-5-2-6-26-14/h1-7,15H,8,10-11H2,(H,22,25)(H,23,24)/t15-/m0/s1. The SMILES string of the molecule is N#CC1=C(SCC(=O)NCc2ccco2)NC(=O)C[C@H]1c1cccc(Br)c1. The van der Waals surface area contributed by atoms with E-state index in [4.69, 9.17) is 4.42 Å². The first kappa shape index (κ1) is 19.3. The maximum Gasteiger partial charge on any atom is 0.230 e. The van der Waals surface area contributed by atoms with Crippen molar-refractivity contribution in [3.8, 4) is 6.07 Å². The van der Waals surface area contributed by atoms with E-state index in [1.54, 1.807) is 18.4 Å². The smallest absolute Gasteiger partial charge is 0.230 e. The summed E-state index contributed by atoms with van der Waals surface area (Å²) in [6.07, 6.45) is 1.74. The number of benzene rings is 1. The third-order valence-corrected chi connectivity index (χ3v) is 5.50. The molecule has 0 saturated heterocycles. The van der Waals surface area contributed by atoms with Gasteiger partial charge in [-0.15, -0.1) is 0 Å². The molecular weight excluding hydrogens is 430 g/mol. The Morgan fingerprint density at radius 2 is 2.26 bits per heavy atom. The zero-order chi connectivity index (χ0) is 19.2. The van der Waals surface area contributed by atoms with E-state index < -0.39 is 0 Å². The number of furan rings is 1. The summed E-state index contributed by atoms with van der Waals surface area (Å²) < 4.78 is 6.05. The normalized spacial score (nSPS) is 16.6. The lowest BCUT2D eigenvalue weighted by molar-refractivity contribution is -0.121. The molecule has 0 radical (unpaired) electrons. The molecule has 2 aromatic rings. The first-order chi connectivity index (χ1) is 13.1. The highest BCUT2D eigenvalue weighted by atomic mass is 79.9. The van der Waals surface area contributed by atoms with Crippen LogP contribution in [0.1, 0.15) is 23.7 Å². The Hall–Kier alpha value is -2.50. The van der Waals surface area contributed by atoms with Gasteiger partial charge in [-0.2, -0.15) is 5.26 Å². The van der Waals surface area contributed by atoms with Gasteiger partial charge in [0.05, 0.1) is 35.2 Å². The van der Waals surface area contributed by atoms with Crippen molar-refractivity contribution in [3.63, 3.8) is 0 Å². The summed E-state index contributed by atoms with van der Waals surface area (Å²) in [6, 6.07) is 13.3. The molecule has 1 atom stereocenters. The van der Waals surface area contributed by atoms with Crippen LogP contribution in [0.3, 0.4) is 0 Å². The first-order valence-electron chi connectivity index (χ1n) is 8.18. The van der Waals surface area contributed by atoms with Crippen LogP contribution in [0.5, 0.6) is 0 Å². The minimum Gasteiger partial charge on any atom is -0.467 e. The number of halogens is 1. The minimum atomic E-state index is -0.324. The highest BCUT2D eigenvalue weighted by Gasteiger charge is 2.29. The second-order valence-corrected chi connectivity index (χ2v) is 7.76. The van der Waals surface area contributed by atoms with Crippen LogP contribution in [-0.2, 0) is 16.1 Å². The van der Waals surface area contributed by atoms with Crippen molar-refractivity contribution in [2.45, 2.75) is 18.9 Å². The maximum absolute atomic E-state index is 12.1. The fourth-order valence-corrected chi connectivity index (χ4v) is 4.05. The summed E-state index contributed by atoms with van der Waals surface area (Å²) in [6.45, 7) is 0.295. The number of rotatable bonds is 6. The van der Waals surface area contributed by atoms with E-state index in [0.29, 0.717) is 22.9 Å². The number of nitrogens with one attached hydrogen (secondary N) is 2. The summed E-state index contributed by atoms with van der Waals surface area (Å²) in [5.74, 6) is 0.0468. The number of hydrogen-bond acceptors (Lipinski definition) is 5. The van der Waals surface area contributed by atoms with Crippen LogP contribution in [0.25, 0.3) is 0 Å². The van der Waals surface area contributed by atoms with E-state index in [2.05, 4.69) is 32.6 Å². The van der Waals surface area contributed by atoms with Gasteiger partial charge in [0.1, 0.15) is 5.76 Å². The van der Waals surface area contributed by atoms with Gasteiger partial charge < -0.3 is 15.1 Å². The van der Waals surface area contributed by atoms with E-state index in [1.807, 2.05) is 24.3 Å². The van der Waals surface area contributed by atoms with Crippen molar-refractivity contribution in [2.24, 2.45) is 0 Å². The molecule has 1 aromatic heterocycles. The predicted molar refractivity (Wildman–Crippen MR) is 105 cm³/mol. The Morgan fingerprint density at radius 3 is 2.96 bits per heavy atom. The van der Waals surface area contributed by atoms with E-state index in [0.717, 1.165) is 21.8 Å². The Kier molecular flexibility index (Phi) is 6.37. The number of carbonyl (C=O) groups is 2. The monoisotopic (exact) mass is 445 g/mol. The second kappa shape index (κ2) is 8.93. The van der Waals surface area contributed by atoms with Gasteiger partial charge in [-0.3, -0.25) is 9.59 Å². The Bertz CT molecular complexity index is 919. The van der Waals surface area contributed by atoms with Crippen LogP contribution in [0, 0.1) is 11.3 Å². The number of allylic oxidation sites excluding steroid dienone is 1. The largest absolute Gasteiger partial charge is 0.467 e. The molecule has 3 rings (SSSR count). The summed E-state index contributed by atoms with van der Waals surface area (Å²) in [4.78, 5) is 24.2. The van der Waals surface area contributed by atoms with E-state index in [-0.39, 0.29) is 29.9 Å². The van der Waals surface area contributed by atoms with Gasteiger partial charge >= 0.3 is 0 Å². The highest BCUT2D eigenvalue weighted by Crippen LogP contribution is 2.36. The number of amides is 2. The summed E-state index contributed by atoms with van der Waals surface area (Å²) >= 11 is 4.57. The molecule has 0 saturated carbocycles. The molecule has 1 aliphatic heterocycles. The summed E-state index contributed by atoms with van der Waals surface area (Å²) in [7, 11) is 0. The molecule has 2 amide bonds. The van der Waals surface area contributed by atoms with Gasteiger partial charge in [0.2, 0.25) is 11.8 Å². The van der Waals surface area contributed by atoms with Crippen molar-refractivity contribution in [3.05, 3.63) is 69.1 Å². The minimum absolute atomic E-state index is 0.0900. The van der Waals surface area contributed by atoms with Crippen molar-refractivity contribution in [1.29, 1.82) is 5.26 Å². The average Bonchev–Trinajstić information content (AvgIpc) is 3.18. The quantitative estimate of drug-likeness (QED) is 0.709. The van der Waals surface area contributed by atoms with Crippen molar-refractivity contribution >= 4 is 39.5 Å². The van der Waals surface area contributed by atoms with E-state index in [1.165, 1.54) is 0 Å². The summed E-state index contributed by atoms with van der Waals surface area (Å²) in [5.41, 5.74) is 1.35. The van der Waals surface area contributed by atoms with Crippen LogP contribution in [0.4, 0.5) is 0 Å². The lowest BCUT2D eigenvalue weighted by Gasteiger charge is -2.25. The number of nitrogens with zero attached hydrogens (tertiary/aromatic N) is 1. The van der Waals surface area contributed by atoms with Gasteiger partial charge in [-0.25, -0.2) is 0 Å². The zero-order valence-corrected chi connectivity index (χ0v) is 16.6. The molecular formula is C19H16BrN3O3S. The van der Waals surface area contributed by atoms with Crippen LogP contribution >= 0.6 is 27.7 Å². The van der Waals surface area contributed by atoms with Crippen molar-refractivity contribution in [1.82, 2.24) is 10.6 Å². The first-order valence-corrected chi connectivity index (χ1v) is 9.96. The van der Waals surface area contributed by atoms with Crippen LogP contribution < -0.4 is 10.6 Å². The molecule has 8 heteroatoms. The molecule has 2 heterocycles. The van der Waals surface area contributed by atoms with E-state index in [9.17, 15) is 14.9 Å². The molecule has 0 aliphatic carbocycles. The van der Waals surface area contributed by atoms with Gasteiger partial charge in [0.15, 0.2) is 0 Å². The molecule has 1 aliphatic rings. The molecule has 0 spiro atoms. The zero-order valence-electron chi connectivity index (χ0n) is 14.2. The maximum atomic E-state index is 12.1. The predicted octanol–water partition coefficient (Wildman–Crippen LogP) is 3.43. The topological polar surface area (TPSA) is 95.1 Å². The Balaban J connectivity index is 1.70. The van der Waals surface area contributed by atoms with E-state index >= 15 is 0 Å². The third-order valence-electron chi connectivity index (χ3n) is 3.99. The highest BCUT2D eigenvalue weighted by molar-refractivity contribution is 9.10. The van der Waals surface area contributed by atoms with Crippen LogP contribution in [-0.4, -0.2) is 17.6 Å². The second-order valence-electron chi connectivity index (χ2n) is 5.86. The number of thioether (sulfide) groups is 1. The fourth-order valence-electron chi connectivity index (χ4n) is 2.73. The van der Waals surface area contributed by atoms with Gasteiger partial charge in [-0.1, -0.05) is 39.8 Å². The lowest BCUT2D eigenvalue weighted by Crippen LogP contribution is -2.32. The molecule has 6 nitrogen and oxygen atoms in total. The lowest BCUT2D eigenvalue weighted by atomic mass is 9.87. The molecule has 27 heavy (non-hydrogen) atoms. The molecule has 0 fully saturated rings. The molecule has 1 aromatic carbocycles. The van der Waals surface area contributed by atoms with Crippen LogP contribution in [0.15, 0.2) is 62.2 Å². The number of hydrogen-bond donors (Lipinski definition) is 2. The Morgan fingerprint density at radius 1 is 1.41 bits per heavy atom. The number of carbonyl (C=O) groups excluding carboxylic acids is 2. The van der Waals surface area contributed by atoms with Gasteiger partial charge in [0, 0.05) is 16.8 Å². The molecule has 138 valence electrons.